The van der Waals surface area contributed by atoms with Gasteiger partial charge in [0.15, 0.2) is 0 Å². The number of alkyl halides is 3. The fourth-order valence-corrected chi connectivity index (χ4v) is 6.23. The van der Waals surface area contributed by atoms with Gasteiger partial charge in [0.1, 0.15) is 0 Å². The number of hydrogen-bond acceptors (Lipinski definition) is 3. The Hall–Kier alpha value is -3.39. The van der Waals surface area contributed by atoms with Crippen LogP contribution in [-0.2, 0) is 19.9 Å². The lowest BCUT2D eigenvalue weighted by atomic mass is 9.62. The molecule has 8 heteroatoms. The van der Waals surface area contributed by atoms with Crippen LogP contribution in [0.5, 0.6) is 0 Å². The van der Waals surface area contributed by atoms with Crippen molar-refractivity contribution in [3.63, 3.8) is 0 Å². The van der Waals surface area contributed by atoms with Crippen LogP contribution in [0.25, 0.3) is 10.8 Å². The Bertz CT molecular complexity index is 1300. The average molecular weight is 511 g/mol. The Kier molecular flexibility index (Phi) is 6.48. The Morgan fingerprint density at radius 1 is 0.973 bits per heavy atom. The van der Waals surface area contributed by atoms with Gasteiger partial charge >= 0.3 is 6.18 Å². The van der Waals surface area contributed by atoms with Crippen LogP contribution < -0.4 is 5.32 Å². The molecule has 1 spiro atoms. The number of fused-ring (bicyclic) bond motifs is 1. The molecule has 0 unspecified atom stereocenters. The van der Waals surface area contributed by atoms with Crippen LogP contribution in [0.1, 0.15) is 36.3 Å². The summed E-state index contributed by atoms with van der Waals surface area (Å²) in [7, 11) is 0.940. The summed E-state index contributed by atoms with van der Waals surface area (Å²) in [5.74, 6) is -1.16. The predicted octanol–water partition coefficient (Wildman–Crippen LogP) is 5.16. The summed E-state index contributed by atoms with van der Waals surface area (Å²) in [5.41, 5.74) is -2.70. The zero-order valence-electron chi connectivity index (χ0n) is 20.6. The van der Waals surface area contributed by atoms with Crippen molar-refractivity contribution in [2.75, 3.05) is 26.7 Å². The lowest BCUT2D eigenvalue weighted by Crippen LogP contribution is -2.60. The van der Waals surface area contributed by atoms with Gasteiger partial charge < -0.3 is 15.0 Å². The molecule has 1 N–H and O–H groups in total. The number of amides is 2. The van der Waals surface area contributed by atoms with E-state index in [4.69, 9.17) is 4.74 Å². The van der Waals surface area contributed by atoms with Gasteiger partial charge in [-0.2, -0.15) is 13.2 Å². The molecule has 0 aliphatic carbocycles. The lowest BCUT2D eigenvalue weighted by molar-refractivity contribution is -0.270. The van der Waals surface area contributed by atoms with Crippen LogP contribution in [0, 0.1) is 5.41 Å². The predicted molar refractivity (Wildman–Crippen MR) is 134 cm³/mol. The van der Waals surface area contributed by atoms with Crippen LogP contribution in [0.15, 0.2) is 72.8 Å². The van der Waals surface area contributed by atoms with Crippen molar-refractivity contribution < 1.29 is 27.5 Å². The Morgan fingerprint density at radius 3 is 2.30 bits per heavy atom. The summed E-state index contributed by atoms with van der Waals surface area (Å²) in [5, 5.41) is 3.85. The minimum atomic E-state index is -4.99. The molecule has 2 saturated heterocycles. The van der Waals surface area contributed by atoms with Crippen molar-refractivity contribution >= 4 is 22.6 Å². The average Bonchev–Trinajstić information content (AvgIpc) is 2.89. The van der Waals surface area contributed by atoms with E-state index in [1.54, 1.807) is 30.3 Å². The minimum Gasteiger partial charge on any atom is -0.356 e. The van der Waals surface area contributed by atoms with Crippen molar-refractivity contribution in [1.82, 2.24) is 10.2 Å². The summed E-state index contributed by atoms with van der Waals surface area (Å²) in [4.78, 5) is 27.5. The number of carbonyl (C=O) groups is 2. The van der Waals surface area contributed by atoms with E-state index >= 15 is 0 Å². The van der Waals surface area contributed by atoms with E-state index in [9.17, 15) is 22.8 Å². The second-order valence-corrected chi connectivity index (χ2v) is 10.0. The SMILES string of the molecule is CO[C@@](C(=O)N1CCC2(CC1)CC(=O)NC[C@H]2c1ccccc1)(c1cccc2ccccc12)C(F)(F)F. The number of rotatable bonds is 4. The molecule has 0 radical (unpaired) electrons. The molecular weight excluding hydrogens is 481 g/mol. The molecule has 3 aromatic carbocycles. The van der Waals surface area contributed by atoms with E-state index < -0.39 is 23.1 Å². The van der Waals surface area contributed by atoms with Crippen LogP contribution in [0.2, 0.25) is 0 Å². The number of likely N-dealkylation sites (tertiary alicyclic amines) is 1. The van der Waals surface area contributed by atoms with Crippen molar-refractivity contribution in [3.8, 4) is 0 Å². The van der Waals surface area contributed by atoms with Gasteiger partial charge in [-0.1, -0.05) is 72.8 Å². The largest absolute Gasteiger partial charge is 0.431 e. The van der Waals surface area contributed by atoms with Gasteiger partial charge in [-0.25, -0.2) is 0 Å². The fourth-order valence-electron chi connectivity index (χ4n) is 6.23. The number of carbonyl (C=O) groups excluding carboxylic acids is 2. The number of nitrogens with zero attached hydrogens (tertiary/aromatic N) is 1. The summed E-state index contributed by atoms with van der Waals surface area (Å²) >= 11 is 0. The molecule has 0 aromatic heterocycles. The molecule has 37 heavy (non-hydrogen) atoms. The first kappa shape index (κ1) is 25.3. The topological polar surface area (TPSA) is 58.6 Å². The maximum atomic E-state index is 14.9. The summed E-state index contributed by atoms with van der Waals surface area (Å²) < 4.78 is 49.7. The van der Waals surface area contributed by atoms with Crippen molar-refractivity contribution in [3.05, 3.63) is 83.9 Å². The molecule has 5 rings (SSSR count). The molecule has 0 bridgehead atoms. The van der Waals surface area contributed by atoms with Gasteiger partial charge in [0.25, 0.3) is 11.5 Å². The number of ether oxygens (including phenoxy) is 1. The highest BCUT2D eigenvalue weighted by molar-refractivity contribution is 5.95. The third-order valence-corrected chi connectivity index (χ3v) is 8.18. The third kappa shape index (κ3) is 4.17. The van der Waals surface area contributed by atoms with Gasteiger partial charge in [0.2, 0.25) is 5.91 Å². The molecule has 194 valence electrons. The fraction of sp³-hybridized carbons (Fsp3) is 0.379. The van der Waals surface area contributed by atoms with Gasteiger partial charge in [-0.15, -0.1) is 0 Å². The molecular formula is C29H29F3N2O3. The summed E-state index contributed by atoms with van der Waals surface area (Å²) in [6, 6.07) is 21.1. The first-order chi connectivity index (χ1) is 17.7. The minimum absolute atomic E-state index is 0.0246. The van der Waals surface area contributed by atoms with Crippen molar-refractivity contribution in [2.24, 2.45) is 5.41 Å². The van der Waals surface area contributed by atoms with E-state index in [1.807, 2.05) is 30.3 Å². The maximum Gasteiger partial charge on any atom is 0.431 e. The number of benzene rings is 3. The van der Waals surface area contributed by atoms with Gasteiger partial charge in [0, 0.05) is 44.6 Å². The molecule has 2 amide bonds. The molecule has 2 aliphatic rings. The quantitative estimate of drug-likeness (QED) is 0.528. The third-order valence-electron chi connectivity index (χ3n) is 8.18. The van der Waals surface area contributed by atoms with Gasteiger partial charge in [-0.05, 0) is 34.6 Å². The zero-order chi connectivity index (χ0) is 26.3. The molecule has 2 heterocycles. The van der Waals surface area contributed by atoms with E-state index in [1.165, 1.54) is 17.0 Å². The summed E-state index contributed by atoms with van der Waals surface area (Å²) in [6.45, 7) is 0.695. The Morgan fingerprint density at radius 2 is 1.62 bits per heavy atom. The molecule has 3 aromatic rings. The molecule has 0 saturated carbocycles. The highest BCUT2D eigenvalue weighted by atomic mass is 19.4. The van der Waals surface area contributed by atoms with E-state index in [0.717, 1.165) is 12.7 Å². The number of halogens is 3. The normalized spacial score (nSPS) is 21.5. The van der Waals surface area contributed by atoms with E-state index in [0.29, 0.717) is 30.2 Å². The zero-order valence-corrected chi connectivity index (χ0v) is 20.6. The number of piperidine rings is 2. The van der Waals surface area contributed by atoms with Gasteiger partial charge in [-0.3, -0.25) is 9.59 Å². The highest BCUT2D eigenvalue weighted by Gasteiger charge is 2.64. The lowest BCUT2D eigenvalue weighted by Gasteiger charge is -2.50. The molecule has 2 aliphatic heterocycles. The number of nitrogens with one attached hydrogen (secondary N) is 1. The smallest absolute Gasteiger partial charge is 0.356 e. The van der Waals surface area contributed by atoms with Crippen LogP contribution in [-0.4, -0.2) is 49.6 Å². The first-order valence-corrected chi connectivity index (χ1v) is 12.4. The second kappa shape index (κ2) is 9.49. The van der Waals surface area contributed by atoms with E-state index in [-0.39, 0.29) is 36.9 Å². The highest BCUT2D eigenvalue weighted by Crippen LogP contribution is 2.51. The number of methoxy groups -OCH3 is 1. The van der Waals surface area contributed by atoms with Crippen molar-refractivity contribution in [2.45, 2.75) is 37.0 Å². The first-order valence-electron chi connectivity index (χ1n) is 12.4. The molecule has 5 nitrogen and oxygen atoms in total. The van der Waals surface area contributed by atoms with Crippen LogP contribution >= 0.6 is 0 Å². The van der Waals surface area contributed by atoms with Crippen LogP contribution in [0.4, 0.5) is 13.2 Å². The number of hydrogen-bond donors (Lipinski definition) is 1. The van der Waals surface area contributed by atoms with Gasteiger partial charge in [0.05, 0.1) is 0 Å². The molecule has 2 atom stereocenters. The molecule has 2 fully saturated rings. The monoisotopic (exact) mass is 510 g/mol. The Balaban J connectivity index is 1.49. The second-order valence-electron chi connectivity index (χ2n) is 10.0. The maximum absolute atomic E-state index is 14.9. The van der Waals surface area contributed by atoms with E-state index in [2.05, 4.69) is 5.32 Å². The summed E-state index contributed by atoms with van der Waals surface area (Å²) in [6.07, 6.45) is -3.85. The van der Waals surface area contributed by atoms with Crippen molar-refractivity contribution in [1.29, 1.82) is 0 Å². The Labute approximate surface area is 213 Å². The van der Waals surface area contributed by atoms with Crippen LogP contribution in [0.3, 0.4) is 0 Å². The standard InChI is InChI=1S/C29H29F3N2O3/c1-37-28(29(30,31)32,23-13-7-11-20-8-5-6-12-22(20)23)26(36)34-16-14-27(15-17-34)18-25(35)33-19-24(27)21-9-3-2-4-10-21/h2-13,24H,14-19H2,1H3,(H,33,35)/t24-,28+/m0/s1.